The summed E-state index contributed by atoms with van der Waals surface area (Å²) in [6, 6.07) is 10.1. The van der Waals surface area contributed by atoms with Crippen LogP contribution in [-0.2, 0) is 11.3 Å². The molecule has 0 aliphatic heterocycles. The number of nitrogens with one attached hydrogen (secondary N) is 2. The van der Waals surface area contributed by atoms with Crippen LogP contribution in [-0.4, -0.2) is 29.3 Å². The number of nitrogens with zero attached hydrogens (tertiary/aromatic N) is 2. The predicted octanol–water partition coefficient (Wildman–Crippen LogP) is 2.10. The van der Waals surface area contributed by atoms with E-state index in [0.29, 0.717) is 13.0 Å². The Hall–Kier alpha value is -2.14. The van der Waals surface area contributed by atoms with E-state index >= 15 is 0 Å². The lowest BCUT2D eigenvalue weighted by Gasteiger charge is -2.12. The Morgan fingerprint density at radius 3 is 2.73 bits per heavy atom. The molecule has 118 valence electrons. The molecule has 0 radical (unpaired) electrons. The van der Waals surface area contributed by atoms with E-state index in [9.17, 15) is 4.79 Å². The third-order valence-electron chi connectivity index (χ3n) is 3.54. The molecule has 0 fully saturated rings. The number of hydrogen-bond donors (Lipinski definition) is 2. The highest BCUT2D eigenvalue weighted by Crippen LogP contribution is 2.16. The fraction of sp³-hybridized carbons (Fsp3) is 0.412. The van der Waals surface area contributed by atoms with Crippen molar-refractivity contribution < 1.29 is 4.79 Å². The number of hydrogen-bond acceptors (Lipinski definition) is 3. The molecule has 0 unspecified atom stereocenters. The Labute approximate surface area is 131 Å². The van der Waals surface area contributed by atoms with Crippen molar-refractivity contribution in [3.8, 4) is 5.69 Å². The molecular formula is C17H24N4O. The Morgan fingerprint density at radius 1 is 1.27 bits per heavy atom. The Morgan fingerprint density at radius 2 is 2.05 bits per heavy atom. The standard InChI is InChI=1S/C17H24N4O/c1-13-11-14(2)21(20-13)16-8-5-4-7-15(16)12-19-17(22)9-6-10-18-3/h4-5,7-8,11,18H,6,9-10,12H2,1-3H3,(H,19,22). The first-order chi connectivity index (χ1) is 10.6. The highest BCUT2D eigenvalue weighted by Gasteiger charge is 2.09. The molecule has 2 N–H and O–H groups in total. The maximum absolute atomic E-state index is 11.8. The molecule has 0 aliphatic carbocycles. The van der Waals surface area contributed by atoms with E-state index in [1.165, 1.54) is 0 Å². The van der Waals surface area contributed by atoms with Crippen molar-refractivity contribution in [2.24, 2.45) is 0 Å². The lowest BCUT2D eigenvalue weighted by Crippen LogP contribution is -2.24. The molecule has 1 amide bonds. The van der Waals surface area contributed by atoms with Gasteiger partial charge in [0, 0.05) is 18.7 Å². The van der Waals surface area contributed by atoms with Gasteiger partial charge in [-0.05, 0) is 51.6 Å². The largest absolute Gasteiger partial charge is 0.352 e. The van der Waals surface area contributed by atoms with Crippen molar-refractivity contribution in [3.63, 3.8) is 0 Å². The first-order valence-electron chi connectivity index (χ1n) is 7.64. The Kier molecular flexibility index (Phi) is 5.72. The zero-order chi connectivity index (χ0) is 15.9. The number of aryl methyl sites for hydroxylation is 2. The highest BCUT2D eigenvalue weighted by molar-refractivity contribution is 5.75. The normalized spacial score (nSPS) is 10.7. The van der Waals surface area contributed by atoms with Crippen LogP contribution < -0.4 is 10.6 Å². The van der Waals surface area contributed by atoms with Gasteiger partial charge in [0.15, 0.2) is 0 Å². The van der Waals surface area contributed by atoms with Gasteiger partial charge in [-0.1, -0.05) is 18.2 Å². The predicted molar refractivity (Wildman–Crippen MR) is 88.0 cm³/mol. The van der Waals surface area contributed by atoms with E-state index in [1.807, 2.05) is 55.9 Å². The lowest BCUT2D eigenvalue weighted by atomic mass is 10.1. The minimum absolute atomic E-state index is 0.0819. The van der Waals surface area contributed by atoms with Gasteiger partial charge in [-0.2, -0.15) is 5.10 Å². The lowest BCUT2D eigenvalue weighted by molar-refractivity contribution is -0.121. The Balaban J connectivity index is 2.06. The summed E-state index contributed by atoms with van der Waals surface area (Å²) < 4.78 is 1.93. The summed E-state index contributed by atoms with van der Waals surface area (Å²) in [5.41, 5.74) is 4.16. The van der Waals surface area contributed by atoms with Crippen molar-refractivity contribution in [2.45, 2.75) is 33.2 Å². The van der Waals surface area contributed by atoms with E-state index in [2.05, 4.69) is 15.7 Å². The van der Waals surface area contributed by atoms with Crippen LogP contribution in [0.2, 0.25) is 0 Å². The minimum Gasteiger partial charge on any atom is -0.352 e. The summed E-state index contributed by atoms with van der Waals surface area (Å²) in [5, 5.41) is 10.6. The van der Waals surface area contributed by atoms with E-state index < -0.39 is 0 Å². The van der Waals surface area contributed by atoms with Crippen LogP contribution in [0, 0.1) is 13.8 Å². The van der Waals surface area contributed by atoms with E-state index in [-0.39, 0.29) is 5.91 Å². The summed E-state index contributed by atoms with van der Waals surface area (Å²) in [6.07, 6.45) is 1.39. The van der Waals surface area contributed by atoms with Crippen LogP contribution in [0.1, 0.15) is 29.8 Å². The average molecular weight is 300 g/mol. The van der Waals surface area contributed by atoms with Gasteiger partial charge in [-0.25, -0.2) is 4.68 Å². The Bertz CT molecular complexity index is 633. The van der Waals surface area contributed by atoms with Crippen molar-refractivity contribution in [3.05, 3.63) is 47.3 Å². The molecular weight excluding hydrogens is 276 g/mol. The molecule has 0 saturated heterocycles. The number of carbonyl (C=O) groups excluding carboxylic acids is 1. The van der Waals surface area contributed by atoms with Crippen LogP contribution in [0.4, 0.5) is 0 Å². The van der Waals surface area contributed by atoms with Crippen LogP contribution in [0.15, 0.2) is 30.3 Å². The fourth-order valence-electron chi connectivity index (χ4n) is 2.45. The second-order valence-electron chi connectivity index (χ2n) is 5.45. The van der Waals surface area contributed by atoms with Gasteiger partial charge in [-0.3, -0.25) is 4.79 Å². The van der Waals surface area contributed by atoms with Gasteiger partial charge >= 0.3 is 0 Å². The highest BCUT2D eigenvalue weighted by atomic mass is 16.1. The zero-order valence-electron chi connectivity index (χ0n) is 13.5. The quantitative estimate of drug-likeness (QED) is 0.770. The number of rotatable bonds is 7. The topological polar surface area (TPSA) is 59.0 Å². The van der Waals surface area contributed by atoms with Gasteiger partial charge in [0.2, 0.25) is 5.91 Å². The first-order valence-corrected chi connectivity index (χ1v) is 7.64. The summed E-state index contributed by atoms with van der Waals surface area (Å²) in [4.78, 5) is 11.8. The van der Waals surface area contributed by atoms with Crippen LogP contribution in [0.25, 0.3) is 5.69 Å². The first kappa shape index (κ1) is 16.2. The summed E-state index contributed by atoms with van der Waals surface area (Å²) in [6.45, 7) is 5.39. The number of benzene rings is 1. The van der Waals surface area contributed by atoms with Crippen molar-refractivity contribution >= 4 is 5.91 Å². The monoisotopic (exact) mass is 300 g/mol. The molecule has 0 atom stereocenters. The number of aromatic nitrogens is 2. The second kappa shape index (κ2) is 7.75. The summed E-state index contributed by atoms with van der Waals surface area (Å²) in [5.74, 6) is 0.0819. The van der Waals surface area contributed by atoms with E-state index in [1.54, 1.807) is 0 Å². The molecule has 1 heterocycles. The molecule has 0 saturated carbocycles. The van der Waals surface area contributed by atoms with E-state index in [0.717, 1.165) is 35.6 Å². The molecule has 2 rings (SSSR count). The van der Waals surface area contributed by atoms with Gasteiger partial charge in [-0.15, -0.1) is 0 Å². The van der Waals surface area contributed by atoms with Gasteiger partial charge in [0.1, 0.15) is 0 Å². The summed E-state index contributed by atoms with van der Waals surface area (Å²) >= 11 is 0. The SMILES string of the molecule is CNCCCC(=O)NCc1ccccc1-n1nc(C)cc1C. The van der Waals surface area contributed by atoms with Crippen molar-refractivity contribution in [2.75, 3.05) is 13.6 Å². The third kappa shape index (κ3) is 4.18. The second-order valence-corrected chi connectivity index (χ2v) is 5.45. The summed E-state index contributed by atoms with van der Waals surface area (Å²) in [7, 11) is 1.89. The number of para-hydroxylation sites is 1. The van der Waals surface area contributed by atoms with Crippen LogP contribution in [0.5, 0.6) is 0 Å². The van der Waals surface area contributed by atoms with E-state index in [4.69, 9.17) is 0 Å². The van der Waals surface area contributed by atoms with Crippen molar-refractivity contribution in [1.82, 2.24) is 20.4 Å². The smallest absolute Gasteiger partial charge is 0.220 e. The molecule has 2 aromatic rings. The molecule has 0 aliphatic rings. The molecule has 1 aromatic carbocycles. The van der Waals surface area contributed by atoms with Crippen molar-refractivity contribution in [1.29, 1.82) is 0 Å². The molecule has 5 heteroatoms. The number of amides is 1. The molecule has 22 heavy (non-hydrogen) atoms. The maximum atomic E-state index is 11.8. The minimum atomic E-state index is 0.0819. The molecule has 0 bridgehead atoms. The van der Waals surface area contributed by atoms with Crippen LogP contribution in [0.3, 0.4) is 0 Å². The zero-order valence-corrected chi connectivity index (χ0v) is 13.5. The van der Waals surface area contributed by atoms with Gasteiger partial charge in [0.25, 0.3) is 0 Å². The third-order valence-corrected chi connectivity index (χ3v) is 3.54. The molecule has 1 aromatic heterocycles. The van der Waals surface area contributed by atoms with Gasteiger partial charge in [0.05, 0.1) is 11.4 Å². The molecule has 5 nitrogen and oxygen atoms in total. The maximum Gasteiger partial charge on any atom is 0.220 e. The van der Waals surface area contributed by atoms with Crippen LogP contribution >= 0.6 is 0 Å². The molecule has 0 spiro atoms. The fourth-order valence-corrected chi connectivity index (χ4v) is 2.45. The average Bonchev–Trinajstić information content (AvgIpc) is 2.84. The van der Waals surface area contributed by atoms with Gasteiger partial charge < -0.3 is 10.6 Å². The number of carbonyl (C=O) groups is 1.